The summed E-state index contributed by atoms with van der Waals surface area (Å²) >= 11 is 1.52. The molecule has 35 heavy (non-hydrogen) atoms. The average molecular weight is 489 g/mol. The molecule has 1 atom stereocenters. The molecule has 1 aromatic heterocycles. The predicted octanol–water partition coefficient (Wildman–Crippen LogP) is 4.42. The standard InChI is InChI=1S/C26H24N4O4S/c1-35-12-11-22(26(33)34)30-25(32)19-9-8-18(14-20(19)16-5-3-2-4-6-16)29-24(31)17-7-10-21-23(13-17)28-15-27-21/h2-10,13-15,22H,11-12H2,1H3,(H,27,28)(H,29,31)(H,30,32)(H,33,34). The van der Waals surface area contributed by atoms with Crippen LogP contribution in [0, 0.1) is 0 Å². The van der Waals surface area contributed by atoms with E-state index in [4.69, 9.17) is 0 Å². The topological polar surface area (TPSA) is 124 Å². The fourth-order valence-corrected chi connectivity index (χ4v) is 4.16. The molecule has 3 aromatic carbocycles. The van der Waals surface area contributed by atoms with Crippen molar-refractivity contribution in [2.24, 2.45) is 0 Å². The van der Waals surface area contributed by atoms with Gasteiger partial charge in [0.2, 0.25) is 0 Å². The average Bonchev–Trinajstić information content (AvgIpc) is 3.34. The molecule has 8 nitrogen and oxygen atoms in total. The minimum Gasteiger partial charge on any atom is -0.480 e. The second-order valence-electron chi connectivity index (χ2n) is 7.86. The van der Waals surface area contributed by atoms with Crippen LogP contribution in [0.25, 0.3) is 22.2 Å². The summed E-state index contributed by atoms with van der Waals surface area (Å²) in [5.74, 6) is -1.26. The quantitative estimate of drug-likeness (QED) is 0.277. The zero-order valence-corrected chi connectivity index (χ0v) is 19.8. The lowest BCUT2D eigenvalue weighted by Gasteiger charge is -2.17. The molecule has 1 unspecified atom stereocenters. The van der Waals surface area contributed by atoms with E-state index in [9.17, 15) is 19.5 Å². The van der Waals surface area contributed by atoms with Gasteiger partial charge in [0.15, 0.2) is 0 Å². The third-order valence-corrected chi connectivity index (χ3v) is 6.15. The highest BCUT2D eigenvalue weighted by atomic mass is 32.2. The van der Waals surface area contributed by atoms with E-state index in [2.05, 4.69) is 20.6 Å². The van der Waals surface area contributed by atoms with Gasteiger partial charge in [0.05, 0.1) is 17.4 Å². The lowest BCUT2D eigenvalue weighted by atomic mass is 9.98. The summed E-state index contributed by atoms with van der Waals surface area (Å²) in [6.07, 6.45) is 3.77. The highest BCUT2D eigenvalue weighted by Gasteiger charge is 2.22. The number of carboxylic acids is 1. The molecule has 4 N–H and O–H groups in total. The van der Waals surface area contributed by atoms with Crippen LogP contribution in [0.5, 0.6) is 0 Å². The number of thioether (sulfide) groups is 1. The van der Waals surface area contributed by atoms with Gasteiger partial charge >= 0.3 is 5.97 Å². The van der Waals surface area contributed by atoms with E-state index in [1.165, 1.54) is 11.8 Å². The number of nitrogens with one attached hydrogen (secondary N) is 3. The van der Waals surface area contributed by atoms with Crippen LogP contribution >= 0.6 is 11.8 Å². The van der Waals surface area contributed by atoms with E-state index in [0.717, 1.165) is 16.6 Å². The molecule has 0 bridgehead atoms. The van der Waals surface area contributed by atoms with Crippen molar-refractivity contribution in [3.63, 3.8) is 0 Å². The Morgan fingerprint density at radius 1 is 1.03 bits per heavy atom. The number of anilines is 1. The second-order valence-corrected chi connectivity index (χ2v) is 8.85. The van der Waals surface area contributed by atoms with E-state index in [0.29, 0.717) is 34.6 Å². The van der Waals surface area contributed by atoms with E-state index in [1.807, 2.05) is 36.6 Å². The number of aliphatic carboxylic acids is 1. The molecule has 0 fully saturated rings. The van der Waals surface area contributed by atoms with E-state index in [-0.39, 0.29) is 5.91 Å². The van der Waals surface area contributed by atoms with Crippen molar-refractivity contribution in [3.05, 3.63) is 84.2 Å². The minimum absolute atomic E-state index is 0.305. The number of hydrogen-bond donors (Lipinski definition) is 4. The highest BCUT2D eigenvalue weighted by Crippen LogP contribution is 2.28. The van der Waals surface area contributed by atoms with Crippen LogP contribution in [0.3, 0.4) is 0 Å². The zero-order valence-electron chi connectivity index (χ0n) is 18.9. The van der Waals surface area contributed by atoms with Crippen LogP contribution < -0.4 is 10.6 Å². The van der Waals surface area contributed by atoms with Crippen LogP contribution in [0.2, 0.25) is 0 Å². The SMILES string of the molecule is CSCCC(NC(=O)c1ccc(NC(=O)c2ccc3nc[nH]c3c2)cc1-c1ccccc1)C(=O)O. The van der Waals surface area contributed by atoms with Crippen LogP contribution in [0.4, 0.5) is 5.69 Å². The summed E-state index contributed by atoms with van der Waals surface area (Å²) in [6, 6.07) is 18.4. The minimum atomic E-state index is -1.08. The Labute approximate surface area is 206 Å². The fraction of sp³-hybridized carbons (Fsp3) is 0.154. The summed E-state index contributed by atoms with van der Waals surface area (Å²) in [5, 5.41) is 15.0. The molecule has 0 radical (unpaired) electrons. The van der Waals surface area contributed by atoms with Gasteiger partial charge in [0, 0.05) is 16.8 Å². The van der Waals surface area contributed by atoms with Crippen LogP contribution in [-0.2, 0) is 4.79 Å². The summed E-state index contributed by atoms with van der Waals surface area (Å²) < 4.78 is 0. The van der Waals surface area contributed by atoms with Crippen molar-refractivity contribution in [1.29, 1.82) is 0 Å². The molecule has 0 aliphatic carbocycles. The number of benzene rings is 3. The number of H-pyrrole nitrogens is 1. The first-order valence-corrected chi connectivity index (χ1v) is 12.3. The number of amides is 2. The van der Waals surface area contributed by atoms with Gasteiger partial charge in [-0.2, -0.15) is 11.8 Å². The molecule has 4 rings (SSSR count). The largest absolute Gasteiger partial charge is 0.480 e. The molecule has 178 valence electrons. The van der Waals surface area contributed by atoms with Gasteiger partial charge in [-0.25, -0.2) is 9.78 Å². The van der Waals surface area contributed by atoms with Crippen molar-refractivity contribution in [1.82, 2.24) is 15.3 Å². The summed E-state index contributed by atoms with van der Waals surface area (Å²) in [6.45, 7) is 0. The zero-order chi connectivity index (χ0) is 24.8. The number of fused-ring (bicyclic) bond motifs is 1. The molecule has 0 saturated heterocycles. The number of hydrogen-bond acceptors (Lipinski definition) is 5. The number of imidazole rings is 1. The van der Waals surface area contributed by atoms with Crippen LogP contribution in [-0.4, -0.2) is 50.9 Å². The molecule has 1 heterocycles. The fourth-order valence-electron chi connectivity index (χ4n) is 3.69. The van der Waals surface area contributed by atoms with Crippen molar-refractivity contribution in [2.75, 3.05) is 17.3 Å². The first kappa shape index (κ1) is 24.0. The maximum absolute atomic E-state index is 13.1. The van der Waals surface area contributed by atoms with E-state index >= 15 is 0 Å². The molecule has 0 aliphatic heterocycles. The number of carbonyl (C=O) groups is 3. The Balaban J connectivity index is 1.62. The Hall–Kier alpha value is -4.11. The third-order valence-electron chi connectivity index (χ3n) is 5.50. The van der Waals surface area contributed by atoms with Gasteiger partial charge in [-0.3, -0.25) is 9.59 Å². The lowest BCUT2D eigenvalue weighted by Crippen LogP contribution is -2.41. The molecular weight excluding hydrogens is 464 g/mol. The van der Waals surface area contributed by atoms with Gasteiger partial charge in [-0.1, -0.05) is 30.3 Å². The third kappa shape index (κ3) is 5.70. The second kappa shape index (κ2) is 10.9. The Bertz CT molecular complexity index is 1370. The summed E-state index contributed by atoms with van der Waals surface area (Å²) in [4.78, 5) is 44.7. The summed E-state index contributed by atoms with van der Waals surface area (Å²) in [7, 11) is 0. The normalized spacial score (nSPS) is 11.7. The molecule has 4 aromatic rings. The first-order chi connectivity index (χ1) is 17.0. The van der Waals surface area contributed by atoms with Crippen LogP contribution in [0.15, 0.2) is 73.1 Å². The van der Waals surface area contributed by atoms with Crippen molar-refractivity contribution < 1.29 is 19.5 Å². The van der Waals surface area contributed by atoms with Gasteiger partial charge in [0.25, 0.3) is 11.8 Å². The van der Waals surface area contributed by atoms with Gasteiger partial charge in [0.1, 0.15) is 6.04 Å². The Morgan fingerprint density at radius 3 is 2.57 bits per heavy atom. The lowest BCUT2D eigenvalue weighted by molar-refractivity contribution is -0.139. The summed E-state index contributed by atoms with van der Waals surface area (Å²) in [5.41, 5.74) is 4.16. The van der Waals surface area contributed by atoms with Crippen molar-refractivity contribution in [3.8, 4) is 11.1 Å². The van der Waals surface area contributed by atoms with E-state index in [1.54, 1.807) is 42.7 Å². The number of aromatic nitrogens is 2. The molecule has 2 amide bonds. The Kier molecular flexibility index (Phi) is 7.47. The maximum Gasteiger partial charge on any atom is 0.326 e. The molecular formula is C26H24N4O4S. The number of carbonyl (C=O) groups excluding carboxylic acids is 2. The molecule has 0 aliphatic rings. The van der Waals surface area contributed by atoms with Gasteiger partial charge < -0.3 is 20.7 Å². The van der Waals surface area contributed by atoms with Gasteiger partial charge in [-0.15, -0.1) is 0 Å². The van der Waals surface area contributed by atoms with Crippen molar-refractivity contribution in [2.45, 2.75) is 12.5 Å². The number of rotatable bonds is 9. The van der Waals surface area contributed by atoms with Gasteiger partial charge in [-0.05, 0) is 66.0 Å². The van der Waals surface area contributed by atoms with E-state index < -0.39 is 17.9 Å². The number of aromatic amines is 1. The maximum atomic E-state index is 13.1. The number of nitrogens with zero attached hydrogens (tertiary/aromatic N) is 1. The monoisotopic (exact) mass is 488 g/mol. The molecule has 0 spiro atoms. The van der Waals surface area contributed by atoms with Crippen molar-refractivity contribution >= 4 is 46.3 Å². The molecule has 0 saturated carbocycles. The number of carboxylic acid groups (broad SMARTS) is 1. The molecule has 9 heteroatoms. The highest BCUT2D eigenvalue weighted by molar-refractivity contribution is 7.98. The smallest absolute Gasteiger partial charge is 0.326 e. The predicted molar refractivity (Wildman–Crippen MR) is 138 cm³/mol. The first-order valence-electron chi connectivity index (χ1n) is 10.9. The Morgan fingerprint density at radius 2 is 1.83 bits per heavy atom. The van der Waals surface area contributed by atoms with Crippen LogP contribution in [0.1, 0.15) is 27.1 Å².